The number of anilines is 1. The molecule has 0 bridgehead atoms. The fourth-order valence-corrected chi connectivity index (χ4v) is 3.15. The molecule has 3 rings (SSSR count). The molecule has 1 aliphatic carbocycles. The van der Waals surface area contributed by atoms with Crippen LogP contribution in [0.4, 0.5) is 5.69 Å². The van der Waals surface area contributed by atoms with E-state index >= 15 is 0 Å². The van der Waals surface area contributed by atoms with Crippen LogP contribution < -0.4 is 15.4 Å². The molecule has 0 aromatic heterocycles. The van der Waals surface area contributed by atoms with E-state index in [0.29, 0.717) is 11.2 Å². The lowest BCUT2D eigenvalue weighted by atomic mass is 9.96. The molecule has 23 heavy (non-hydrogen) atoms. The van der Waals surface area contributed by atoms with Crippen LogP contribution in [0.2, 0.25) is 0 Å². The number of nitrogens with one attached hydrogen (secondary N) is 2. The van der Waals surface area contributed by atoms with E-state index in [1.54, 1.807) is 0 Å². The van der Waals surface area contributed by atoms with Crippen LogP contribution in [0.3, 0.4) is 0 Å². The minimum Gasteiger partial charge on any atom is -0.457 e. The Morgan fingerprint density at radius 2 is 1.65 bits per heavy atom. The maximum Gasteiger partial charge on any atom is 0.170 e. The van der Waals surface area contributed by atoms with E-state index in [9.17, 15) is 0 Å². The molecule has 0 unspecified atom stereocenters. The average Bonchev–Trinajstić information content (AvgIpc) is 2.57. The van der Waals surface area contributed by atoms with Gasteiger partial charge in [0.15, 0.2) is 5.11 Å². The van der Waals surface area contributed by atoms with Gasteiger partial charge in [0.2, 0.25) is 0 Å². The highest BCUT2D eigenvalue weighted by molar-refractivity contribution is 7.80. The number of ether oxygens (including phenoxy) is 1. The Bertz CT molecular complexity index is 639. The Morgan fingerprint density at radius 3 is 2.43 bits per heavy atom. The van der Waals surface area contributed by atoms with Crippen LogP contribution in [0.5, 0.6) is 11.5 Å². The zero-order chi connectivity index (χ0) is 15.9. The van der Waals surface area contributed by atoms with Gasteiger partial charge in [0.1, 0.15) is 11.5 Å². The number of hydrogen-bond acceptors (Lipinski definition) is 2. The lowest BCUT2D eigenvalue weighted by Crippen LogP contribution is -2.38. The Hall–Kier alpha value is -2.07. The molecule has 4 heteroatoms. The fraction of sp³-hybridized carbons (Fsp3) is 0.316. The normalized spacial score (nSPS) is 15.0. The van der Waals surface area contributed by atoms with E-state index in [-0.39, 0.29) is 0 Å². The van der Waals surface area contributed by atoms with Crippen LogP contribution in [0, 0.1) is 0 Å². The van der Waals surface area contributed by atoms with Crippen molar-refractivity contribution in [1.29, 1.82) is 0 Å². The van der Waals surface area contributed by atoms with E-state index < -0.39 is 0 Å². The van der Waals surface area contributed by atoms with Gasteiger partial charge in [0.05, 0.1) is 0 Å². The summed E-state index contributed by atoms with van der Waals surface area (Å²) in [6.07, 6.45) is 6.34. The standard InChI is InChI=1S/C19H22N2OS/c23-19(20-15-8-3-1-4-9-15)21-16-10-7-13-18(14-16)22-17-11-5-2-6-12-17/h2,5-7,10-15H,1,3-4,8-9H2,(H2,20,21,23). The second-order valence-corrected chi connectivity index (χ2v) is 6.28. The van der Waals surface area contributed by atoms with Crippen LogP contribution in [0.25, 0.3) is 0 Å². The van der Waals surface area contributed by atoms with Gasteiger partial charge >= 0.3 is 0 Å². The van der Waals surface area contributed by atoms with E-state index in [1.165, 1.54) is 32.1 Å². The molecule has 2 aromatic carbocycles. The van der Waals surface area contributed by atoms with Gasteiger partial charge in [-0.25, -0.2) is 0 Å². The van der Waals surface area contributed by atoms with Crippen molar-refractivity contribution in [3.63, 3.8) is 0 Å². The van der Waals surface area contributed by atoms with Crippen molar-refractivity contribution in [1.82, 2.24) is 5.32 Å². The fourth-order valence-electron chi connectivity index (χ4n) is 2.86. The molecule has 1 fully saturated rings. The molecule has 2 aromatic rings. The summed E-state index contributed by atoms with van der Waals surface area (Å²) in [6, 6.07) is 18.1. The second-order valence-electron chi connectivity index (χ2n) is 5.88. The van der Waals surface area contributed by atoms with Gasteiger partial charge in [-0.2, -0.15) is 0 Å². The first-order valence-corrected chi connectivity index (χ1v) is 8.61. The van der Waals surface area contributed by atoms with Gasteiger partial charge in [-0.15, -0.1) is 0 Å². The topological polar surface area (TPSA) is 33.3 Å². The number of hydrogen-bond donors (Lipinski definition) is 2. The van der Waals surface area contributed by atoms with Crippen molar-refractivity contribution < 1.29 is 4.74 Å². The first-order valence-electron chi connectivity index (χ1n) is 8.20. The maximum atomic E-state index is 5.85. The number of rotatable bonds is 4. The molecule has 2 N–H and O–H groups in total. The summed E-state index contributed by atoms with van der Waals surface area (Å²) in [5, 5.41) is 7.36. The van der Waals surface area contributed by atoms with Gasteiger partial charge in [-0.1, -0.05) is 43.5 Å². The smallest absolute Gasteiger partial charge is 0.170 e. The summed E-state index contributed by atoms with van der Waals surface area (Å²) < 4.78 is 5.85. The highest BCUT2D eigenvalue weighted by Crippen LogP contribution is 2.24. The van der Waals surface area contributed by atoms with Gasteiger partial charge in [-0.05, 0) is 49.3 Å². The molecule has 1 aliphatic rings. The maximum absolute atomic E-state index is 5.85. The lowest BCUT2D eigenvalue weighted by Gasteiger charge is -2.24. The van der Waals surface area contributed by atoms with Gasteiger partial charge in [-0.3, -0.25) is 0 Å². The van der Waals surface area contributed by atoms with Crippen LogP contribution in [0.15, 0.2) is 54.6 Å². The number of benzene rings is 2. The molecule has 0 atom stereocenters. The molecular formula is C19H22N2OS. The third kappa shape index (κ3) is 4.96. The summed E-state index contributed by atoms with van der Waals surface area (Å²) in [4.78, 5) is 0. The minimum absolute atomic E-state index is 0.507. The van der Waals surface area contributed by atoms with Gasteiger partial charge in [0, 0.05) is 17.8 Å². The zero-order valence-electron chi connectivity index (χ0n) is 13.1. The molecule has 1 saturated carbocycles. The molecule has 0 spiro atoms. The summed E-state index contributed by atoms with van der Waals surface area (Å²) in [7, 11) is 0. The predicted molar refractivity (Wildman–Crippen MR) is 99.2 cm³/mol. The monoisotopic (exact) mass is 326 g/mol. The zero-order valence-corrected chi connectivity index (χ0v) is 13.9. The number of thiocarbonyl (C=S) groups is 1. The molecule has 3 nitrogen and oxygen atoms in total. The summed E-state index contributed by atoms with van der Waals surface area (Å²) in [6.45, 7) is 0. The van der Waals surface area contributed by atoms with Crippen molar-refractivity contribution in [3.8, 4) is 11.5 Å². The summed E-state index contributed by atoms with van der Waals surface area (Å²) in [5.41, 5.74) is 0.937. The Balaban J connectivity index is 1.57. The summed E-state index contributed by atoms with van der Waals surface area (Å²) >= 11 is 5.43. The third-order valence-corrected chi connectivity index (χ3v) is 4.23. The highest BCUT2D eigenvalue weighted by atomic mass is 32.1. The first kappa shape index (κ1) is 15.8. The highest BCUT2D eigenvalue weighted by Gasteiger charge is 2.14. The SMILES string of the molecule is S=C(Nc1cccc(Oc2ccccc2)c1)NC1CCCCC1. The predicted octanol–water partition coefficient (Wildman–Crippen LogP) is 5.10. The molecule has 0 radical (unpaired) electrons. The van der Waals surface area contributed by atoms with Crippen molar-refractivity contribution in [2.45, 2.75) is 38.1 Å². The molecular weight excluding hydrogens is 304 g/mol. The Morgan fingerprint density at radius 1 is 0.913 bits per heavy atom. The van der Waals surface area contributed by atoms with Gasteiger partial charge < -0.3 is 15.4 Å². The van der Waals surface area contributed by atoms with E-state index in [2.05, 4.69) is 10.6 Å². The summed E-state index contributed by atoms with van der Waals surface area (Å²) in [5.74, 6) is 1.62. The van der Waals surface area contributed by atoms with Crippen molar-refractivity contribution >= 4 is 23.0 Å². The molecule has 0 saturated heterocycles. The van der Waals surface area contributed by atoms with Crippen LogP contribution in [-0.4, -0.2) is 11.2 Å². The molecule has 0 aliphatic heterocycles. The van der Waals surface area contributed by atoms with E-state index in [1.807, 2.05) is 54.6 Å². The van der Waals surface area contributed by atoms with Crippen molar-refractivity contribution in [2.75, 3.05) is 5.32 Å². The minimum atomic E-state index is 0.507. The van der Waals surface area contributed by atoms with Crippen molar-refractivity contribution in [2.24, 2.45) is 0 Å². The van der Waals surface area contributed by atoms with Gasteiger partial charge in [0.25, 0.3) is 0 Å². The van der Waals surface area contributed by atoms with Crippen molar-refractivity contribution in [3.05, 3.63) is 54.6 Å². The largest absolute Gasteiger partial charge is 0.457 e. The number of para-hydroxylation sites is 1. The first-order chi connectivity index (χ1) is 11.3. The third-order valence-electron chi connectivity index (χ3n) is 4.01. The van der Waals surface area contributed by atoms with Crippen LogP contribution in [-0.2, 0) is 0 Å². The quantitative estimate of drug-likeness (QED) is 0.766. The van der Waals surface area contributed by atoms with Crippen LogP contribution >= 0.6 is 12.2 Å². The Labute approximate surface area is 143 Å². The van der Waals surface area contributed by atoms with E-state index in [0.717, 1.165) is 17.2 Å². The lowest BCUT2D eigenvalue weighted by molar-refractivity contribution is 0.415. The van der Waals surface area contributed by atoms with E-state index in [4.69, 9.17) is 17.0 Å². The Kier molecular flexibility index (Phi) is 5.48. The molecule has 0 heterocycles. The van der Waals surface area contributed by atoms with Crippen LogP contribution in [0.1, 0.15) is 32.1 Å². The second kappa shape index (κ2) is 7.97. The molecule has 120 valence electrons. The average molecular weight is 326 g/mol. The molecule has 0 amide bonds.